The van der Waals surface area contributed by atoms with Gasteiger partial charge in [-0.15, -0.1) is 0 Å². The first-order chi connectivity index (χ1) is 5.35. The fourth-order valence-electron chi connectivity index (χ4n) is 0.782. The molecule has 0 N–H and O–H groups in total. The predicted molar refractivity (Wildman–Crippen MR) is 48.7 cm³/mol. The fraction of sp³-hybridized carbons (Fsp3) is 1.00. The Balaban J connectivity index is 3.25. The molecule has 11 heavy (non-hydrogen) atoms. The van der Waals surface area contributed by atoms with E-state index in [1.165, 1.54) is 0 Å². The molecule has 0 heterocycles. The summed E-state index contributed by atoms with van der Waals surface area (Å²) >= 11 is 0. The maximum atomic E-state index is 5.42. The van der Waals surface area contributed by atoms with Gasteiger partial charge in [-0.3, -0.25) is 0 Å². The van der Waals surface area contributed by atoms with Crippen LogP contribution in [0.4, 0.5) is 0 Å². The smallest absolute Gasteiger partial charge is 0.411 e. The summed E-state index contributed by atoms with van der Waals surface area (Å²) in [6.07, 6.45) is 3.07. The highest BCUT2D eigenvalue weighted by atomic mass is 16.6. The van der Waals surface area contributed by atoms with Crippen LogP contribution in [-0.2, 0) is 9.31 Å². The van der Waals surface area contributed by atoms with Gasteiger partial charge in [0.25, 0.3) is 0 Å². The van der Waals surface area contributed by atoms with E-state index in [4.69, 9.17) is 9.31 Å². The van der Waals surface area contributed by atoms with Crippen LogP contribution in [-0.4, -0.2) is 20.3 Å². The average Bonchev–Trinajstić information content (AvgIpc) is 2.05. The summed E-state index contributed by atoms with van der Waals surface area (Å²) in [5.74, 6) is 0. The summed E-state index contributed by atoms with van der Waals surface area (Å²) < 4.78 is 10.8. The fourth-order valence-corrected chi connectivity index (χ4v) is 0.782. The molecule has 0 aromatic heterocycles. The second kappa shape index (κ2) is 8.09. The molecule has 0 aliphatic carbocycles. The van der Waals surface area contributed by atoms with E-state index in [0.29, 0.717) is 0 Å². The van der Waals surface area contributed by atoms with Gasteiger partial charge in [0.05, 0.1) is 0 Å². The molecule has 0 aromatic carbocycles. The molecule has 0 saturated heterocycles. The molecule has 0 fully saturated rings. The Bertz CT molecular complexity index is 70.5. The van der Waals surface area contributed by atoms with Crippen molar-refractivity contribution in [3.05, 3.63) is 0 Å². The minimum atomic E-state index is 0.0231. The second-order valence-corrected chi connectivity index (χ2v) is 2.58. The zero-order valence-electron chi connectivity index (χ0n) is 7.93. The van der Waals surface area contributed by atoms with Crippen LogP contribution in [0.1, 0.15) is 33.6 Å². The molecule has 0 spiro atoms. The molecule has 66 valence electrons. The van der Waals surface area contributed by atoms with Gasteiger partial charge in [-0.2, -0.15) is 0 Å². The molecule has 0 aliphatic heterocycles. The van der Waals surface area contributed by atoms with Gasteiger partial charge in [-0.25, -0.2) is 0 Å². The Morgan fingerprint density at radius 3 is 1.64 bits per heavy atom. The van der Waals surface area contributed by atoms with Gasteiger partial charge in [0, 0.05) is 13.2 Å². The Morgan fingerprint density at radius 1 is 0.909 bits per heavy atom. The van der Waals surface area contributed by atoms with E-state index in [9.17, 15) is 0 Å². The quantitative estimate of drug-likeness (QED) is 0.529. The summed E-state index contributed by atoms with van der Waals surface area (Å²) in [6, 6.07) is 0. The van der Waals surface area contributed by atoms with Gasteiger partial charge in [0.1, 0.15) is 0 Å². The lowest BCUT2D eigenvalue weighted by Gasteiger charge is -2.11. The molecule has 3 heteroatoms. The van der Waals surface area contributed by atoms with Gasteiger partial charge in [0.15, 0.2) is 0 Å². The molecule has 2 nitrogen and oxygen atoms in total. The Labute approximate surface area is 70.4 Å². The van der Waals surface area contributed by atoms with Gasteiger partial charge in [-0.05, 0) is 19.2 Å². The highest BCUT2D eigenvalue weighted by molar-refractivity contribution is 6.44. The molecular weight excluding hydrogens is 139 g/mol. The Morgan fingerprint density at radius 2 is 1.36 bits per heavy atom. The van der Waals surface area contributed by atoms with Crippen LogP contribution >= 0.6 is 0 Å². The first-order valence-electron chi connectivity index (χ1n) is 4.58. The summed E-state index contributed by atoms with van der Waals surface area (Å²) in [4.78, 5) is 0. The van der Waals surface area contributed by atoms with E-state index in [-0.39, 0.29) is 7.12 Å². The largest absolute Gasteiger partial charge is 0.456 e. The average molecular weight is 158 g/mol. The van der Waals surface area contributed by atoms with Crippen molar-refractivity contribution >= 4 is 7.12 Å². The molecule has 0 rings (SSSR count). The number of rotatable bonds is 7. The van der Waals surface area contributed by atoms with E-state index in [1.54, 1.807) is 0 Å². The first-order valence-corrected chi connectivity index (χ1v) is 4.58. The van der Waals surface area contributed by atoms with Crippen LogP contribution in [0.3, 0.4) is 0 Å². The zero-order valence-corrected chi connectivity index (χ0v) is 7.93. The monoisotopic (exact) mass is 158 g/mol. The minimum Gasteiger partial charge on any atom is -0.411 e. The highest BCUT2D eigenvalue weighted by Gasteiger charge is 2.13. The van der Waals surface area contributed by atoms with E-state index in [1.807, 2.05) is 0 Å². The number of hydrogen-bond donors (Lipinski definition) is 0. The van der Waals surface area contributed by atoms with E-state index < -0.39 is 0 Å². The van der Waals surface area contributed by atoms with Crippen molar-refractivity contribution < 1.29 is 9.31 Å². The topological polar surface area (TPSA) is 18.5 Å². The third-order valence-electron chi connectivity index (χ3n) is 1.35. The van der Waals surface area contributed by atoms with Crippen LogP contribution < -0.4 is 0 Å². The minimum absolute atomic E-state index is 0.0231. The Hall–Kier alpha value is -0.0151. The maximum Gasteiger partial charge on any atom is 0.456 e. The SMILES string of the molecule is CCCOB(CC)OCCC. The molecule has 0 atom stereocenters. The van der Waals surface area contributed by atoms with Crippen molar-refractivity contribution in [3.63, 3.8) is 0 Å². The van der Waals surface area contributed by atoms with E-state index in [2.05, 4.69) is 20.8 Å². The third kappa shape index (κ3) is 6.39. The van der Waals surface area contributed by atoms with Crippen molar-refractivity contribution in [3.8, 4) is 0 Å². The molecule has 0 unspecified atom stereocenters. The zero-order chi connectivity index (χ0) is 8.53. The van der Waals surface area contributed by atoms with Crippen LogP contribution in [0.2, 0.25) is 6.32 Å². The van der Waals surface area contributed by atoms with Gasteiger partial charge in [-0.1, -0.05) is 20.8 Å². The van der Waals surface area contributed by atoms with Crippen molar-refractivity contribution in [2.24, 2.45) is 0 Å². The molecule has 0 aliphatic rings. The predicted octanol–water partition coefficient (Wildman–Crippen LogP) is 2.35. The summed E-state index contributed by atoms with van der Waals surface area (Å²) in [5.41, 5.74) is 0. The molecular formula is C8H19BO2. The van der Waals surface area contributed by atoms with Gasteiger partial charge >= 0.3 is 7.12 Å². The van der Waals surface area contributed by atoms with Crippen molar-refractivity contribution in [1.29, 1.82) is 0 Å². The lowest BCUT2D eigenvalue weighted by Crippen LogP contribution is -2.22. The van der Waals surface area contributed by atoms with Crippen molar-refractivity contribution in [2.45, 2.75) is 39.9 Å². The summed E-state index contributed by atoms with van der Waals surface area (Å²) in [6.45, 7) is 7.90. The molecule has 0 aromatic rings. The third-order valence-corrected chi connectivity index (χ3v) is 1.35. The van der Waals surface area contributed by atoms with E-state index in [0.717, 1.165) is 32.4 Å². The molecule has 0 amide bonds. The van der Waals surface area contributed by atoms with Crippen LogP contribution in [0.15, 0.2) is 0 Å². The second-order valence-electron chi connectivity index (χ2n) is 2.58. The Kier molecular flexibility index (Phi) is 8.07. The normalized spacial score (nSPS) is 10.1. The van der Waals surface area contributed by atoms with Gasteiger partial charge in [0.2, 0.25) is 0 Å². The summed E-state index contributed by atoms with van der Waals surface area (Å²) in [7, 11) is 0.0231. The highest BCUT2D eigenvalue weighted by Crippen LogP contribution is 1.97. The van der Waals surface area contributed by atoms with Crippen LogP contribution in [0, 0.1) is 0 Å². The van der Waals surface area contributed by atoms with E-state index >= 15 is 0 Å². The summed E-state index contributed by atoms with van der Waals surface area (Å²) in [5, 5.41) is 0. The lowest BCUT2D eigenvalue weighted by molar-refractivity contribution is 0.197. The van der Waals surface area contributed by atoms with Crippen LogP contribution in [0.5, 0.6) is 0 Å². The molecule has 0 bridgehead atoms. The van der Waals surface area contributed by atoms with Crippen molar-refractivity contribution in [1.82, 2.24) is 0 Å². The molecule has 0 saturated carbocycles. The number of hydrogen-bond acceptors (Lipinski definition) is 2. The van der Waals surface area contributed by atoms with Crippen molar-refractivity contribution in [2.75, 3.05) is 13.2 Å². The standard InChI is InChI=1S/C8H19BO2/c1-4-7-10-9(6-3)11-8-5-2/h4-8H2,1-3H3. The van der Waals surface area contributed by atoms with Crippen LogP contribution in [0.25, 0.3) is 0 Å². The lowest BCUT2D eigenvalue weighted by atomic mass is 9.86. The molecule has 0 radical (unpaired) electrons. The maximum absolute atomic E-state index is 5.42. The first kappa shape index (κ1) is 11.0. The van der Waals surface area contributed by atoms with Gasteiger partial charge < -0.3 is 9.31 Å².